The highest BCUT2D eigenvalue weighted by Crippen LogP contribution is 2.17. The van der Waals surface area contributed by atoms with Gasteiger partial charge in [0.1, 0.15) is 5.70 Å². The molecular weight excluding hydrogens is 396 g/mol. The molecule has 152 valence electrons. The van der Waals surface area contributed by atoms with Crippen LogP contribution in [0.25, 0.3) is 6.08 Å². The van der Waals surface area contributed by atoms with E-state index < -0.39 is 5.91 Å². The van der Waals surface area contributed by atoms with Crippen molar-refractivity contribution in [2.75, 3.05) is 5.32 Å². The summed E-state index contributed by atoms with van der Waals surface area (Å²) in [6.07, 6.45) is 1.63. The van der Waals surface area contributed by atoms with Crippen LogP contribution in [-0.2, 0) is 4.79 Å². The van der Waals surface area contributed by atoms with E-state index in [1.807, 2.05) is 37.4 Å². The van der Waals surface area contributed by atoms with E-state index in [1.54, 1.807) is 42.5 Å². The maximum absolute atomic E-state index is 12.9. The second-order valence-electron chi connectivity index (χ2n) is 6.92. The monoisotopic (exact) mass is 418 g/mol. The van der Waals surface area contributed by atoms with Gasteiger partial charge in [-0.1, -0.05) is 24.3 Å². The molecule has 0 aliphatic heterocycles. The molecule has 3 aromatic rings. The summed E-state index contributed by atoms with van der Waals surface area (Å²) in [5, 5.41) is 7.37. The van der Waals surface area contributed by atoms with Crippen molar-refractivity contribution in [2.45, 2.75) is 20.8 Å². The van der Waals surface area contributed by atoms with Gasteiger partial charge in [0, 0.05) is 21.7 Å². The fourth-order valence-corrected chi connectivity index (χ4v) is 3.42. The molecule has 0 spiro atoms. The number of nitrogens with one attached hydrogen (secondary N) is 2. The number of carbonyl (C=O) groups is 3. The van der Waals surface area contributed by atoms with Gasteiger partial charge in [-0.25, -0.2) is 0 Å². The third kappa shape index (κ3) is 5.30. The number of aryl methyl sites for hydroxylation is 2. The van der Waals surface area contributed by atoms with Gasteiger partial charge in [0.2, 0.25) is 0 Å². The van der Waals surface area contributed by atoms with Gasteiger partial charge in [0.05, 0.1) is 0 Å². The molecule has 2 amide bonds. The summed E-state index contributed by atoms with van der Waals surface area (Å²) in [7, 11) is 0. The third-order valence-electron chi connectivity index (χ3n) is 4.62. The molecule has 1 heterocycles. The lowest BCUT2D eigenvalue weighted by atomic mass is 10.1. The van der Waals surface area contributed by atoms with Crippen LogP contribution in [0.15, 0.2) is 65.7 Å². The molecule has 0 fully saturated rings. The third-order valence-corrected chi connectivity index (χ3v) is 5.44. The molecule has 1 aromatic heterocycles. The van der Waals surface area contributed by atoms with Gasteiger partial charge >= 0.3 is 0 Å². The zero-order valence-corrected chi connectivity index (χ0v) is 17.8. The largest absolute Gasteiger partial charge is 0.321 e. The fourth-order valence-electron chi connectivity index (χ4n) is 2.77. The van der Waals surface area contributed by atoms with Crippen molar-refractivity contribution in [3.8, 4) is 0 Å². The number of carbonyl (C=O) groups excluding carboxylic acids is 3. The molecule has 0 aliphatic carbocycles. The zero-order valence-electron chi connectivity index (χ0n) is 17.0. The SMILES string of the molecule is CC(=O)c1cccc(NC(=O)/C(=C\c2cccs2)NC(=O)c2ccc(C)c(C)c2)c1. The summed E-state index contributed by atoms with van der Waals surface area (Å²) in [4.78, 5) is 38.1. The molecule has 30 heavy (non-hydrogen) atoms. The van der Waals surface area contributed by atoms with E-state index in [1.165, 1.54) is 18.3 Å². The van der Waals surface area contributed by atoms with Crippen LogP contribution in [0.3, 0.4) is 0 Å². The quantitative estimate of drug-likeness (QED) is 0.438. The molecule has 0 saturated heterocycles. The molecule has 0 radical (unpaired) electrons. The van der Waals surface area contributed by atoms with Crippen molar-refractivity contribution in [1.29, 1.82) is 0 Å². The van der Waals surface area contributed by atoms with Crippen LogP contribution >= 0.6 is 11.3 Å². The topological polar surface area (TPSA) is 75.3 Å². The van der Waals surface area contributed by atoms with Gasteiger partial charge in [-0.3, -0.25) is 14.4 Å². The Morgan fingerprint density at radius 3 is 2.37 bits per heavy atom. The molecule has 0 atom stereocenters. The van der Waals surface area contributed by atoms with E-state index in [2.05, 4.69) is 10.6 Å². The van der Waals surface area contributed by atoms with E-state index in [0.29, 0.717) is 16.8 Å². The Bertz CT molecular complexity index is 1130. The molecule has 3 rings (SSSR count). The Morgan fingerprint density at radius 1 is 0.900 bits per heavy atom. The van der Waals surface area contributed by atoms with Crippen LogP contribution in [0.1, 0.15) is 43.6 Å². The maximum atomic E-state index is 12.9. The highest BCUT2D eigenvalue weighted by molar-refractivity contribution is 7.10. The minimum Gasteiger partial charge on any atom is -0.321 e. The number of hydrogen-bond donors (Lipinski definition) is 2. The summed E-state index contributed by atoms with van der Waals surface area (Å²) < 4.78 is 0. The molecule has 2 N–H and O–H groups in total. The predicted octanol–water partition coefficient (Wildman–Crippen LogP) is 4.98. The number of anilines is 1. The highest BCUT2D eigenvalue weighted by atomic mass is 32.1. The normalized spacial score (nSPS) is 11.1. The Labute approximate surface area is 179 Å². The van der Waals surface area contributed by atoms with Crippen LogP contribution in [-0.4, -0.2) is 17.6 Å². The zero-order chi connectivity index (χ0) is 21.7. The van der Waals surface area contributed by atoms with Crippen molar-refractivity contribution in [1.82, 2.24) is 5.32 Å². The van der Waals surface area contributed by atoms with Gasteiger partial charge in [0.25, 0.3) is 11.8 Å². The molecule has 2 aromatic carbocycles. The highest BCUT2D eigenvalue weighted by Gasteiger charge is 2.16. The van der Waals surface area contributed by atoms with Crippen LogP contribution < -0.4 is 10.6 Å². The number of Topliss-reactive ketones (excluding diaryl/α,β-unsaturated/α-hetero) is 1. The fraction of sp³-hybridized carbons (Fsp3) is 0.125. The second-order valence-corrected chi connectivity index (χ2v) is 7.90. The average molecular weight is 419 g/mol. The minimum atomic E-state index is -0.471. The number of ketones is 1. The lowest BCUT2D eigenvalue weighted by Crippen LogP contribution is -2.30. The van der Waals surface area contributed by atoms with Crippen molar-refractivity contribution in [2.24, 2.45) is 0 Å². The van der Waals surface area contributed by atoms with E-state index in [0.717, 1.165) is 16.0 Å². The standard InChI is InChI=1S/C24H22N2O3S/c1-15-9-10-19(12-16(15)2)23(28)26-22(14-21-8-5-11-30-21)24(29)25-20-7-4-6-18(13-20)17(3)27/h4-14H,1-3H3,(H,25,29)(H,26,28)/b22-14+. The summed E-state index contributed by atoms with van der Waals surface area (Å²) >= 11 is 1.46. The molecule has 5 nitrogen and oxygen atoms in total. The maximum Gasteiger partial charge on any atom is 0.272 e. The smallest absolute Gasteiger partial charge is 0.272 e. The number of benzene rings is 2. The number of hydrogen-bond acceptors (Lipinski definition) is 4. The number of thiophene rings is 1. The Kier molecular flexibility index (Phi) is 6.59. The Morgan fingerprint density at radius 2 is 1.70 bits per heavy atom. The van der Waals surface area contributed by atoms with E-state index >= 15 is 0 Å². The summed E-state index contributed by atoms with van der Waals surface area (Å²) in [6, 6.07) is 15.8. The van der Waals surface area contributed by atoms with Crippen LogP contribution in [0, 0.1) is 13.8 Å². The van der Waals surface area contributed by atoms with Gasteiger partial charge in [-0.15, -0.1) is 11.3 Å². The van der Waals surface area contributed by atoms with Gasteiger partial charge in [-0.2, -0.15) is 0 Å². The summed E-state index contributed by atoms with van der Waals surface area (Å²) in [6.45, 7) is 5.37. The molecule has 0 bridgehead atoms. The average Bonchev–Trinajstić information content (AvgIpc) is 3.22. The molecule has 6 heteroatoms. The summed E-state index contributed by atoms with van der Waals surface area (Å²) in [5.41, 5.74) is 3.65. The first-order valence-corrected chi connectivity index (χ1v) is 10.3. The predicted molar refractivity (Wildman–Crippen MR) is 121 cm³/mol. The van der Waals surface area contributed by atoms with E-state index in [-0.39, 0.29) is 17.4 Å². The lowest BCUT2D eigenvalue weighted by Gasteiger charge is -2.12. The first kappa shape index (κ1) is 21.2. The van der Waals surface area contributed by atoms with E-state index in [4.69, 9.17) is 0 Å². The van der Waals surface area contributed by atoms with Crippen molar-refractivity contribution in [3.63, 3.8) is 0 Å². The van der Waals surface area contributed by atoms with Gasteiger partial charge < -0.3 is 10.6 Å². The van der Waals surface area contributed by atoms with Crippen molar-refractivity contribution >= 4 is 40.7 Å². The molecule has 0 aliphatic rings. The number of rotatable bonds is 6. The Balaban J connectivity index is 1.86. The van der Waals surface area contributed by atoms with Crippen molar-refractivity contribution < 1.29 is 14.4 Å². The number of amides is 2. The minimum absolute atomic E-state index is 0.0940. The molecule has 0 unspecified atom stereocenters. The first-order chi connectivity index (χ1) is 14.3. The Hall–Kier alpha value is -3.51. The molecular formula is C24H22N2O3S. The first-order valence-electron chi connectivity index (χ1n) is 9.39. The van der Waals surface area contributed by atoms with Gasteiger partial charge in [0.15, 0.2) is 5.78 Å². The summed E-state index contributed by atoms with van der Waals surface area (Å²) in [5.74, 6) is -0.932. The van der Waals surface area contributed by atoms with Crippen LogP contribution in [0.5, 0.6) is 0 Å². The van der Waals surface area contributed by atoms with Gasteiger partial charge in [-0.05, 0) is 73.7 Å². The van der Waals surface area contributed by atoms with E-state index in [9.17, 15) is 14.4 Å². The lowest BCUT2D eigenvalue weighted by molar-refractivity contribution is -0.113. The van der Waals surface area contributed by atoms with Crippen molar-refractivity contribution in [3.05, 3.63) is 92.8 Å². The van der Waals surface area contributed by atoms with Crippen LogP contribution in [0.4, 0.5) is 5.69 Å². The molecule has 0 saturated carbocycles. The second kappa shape index (κ2) is 9.33. The van der Waals surface area contributed by atoms with Crippen LogP contribution in [0.2, 0.25) is 0 Å².